The van der Waals surface area contributed by atoms with E-state index >= 15 is 0 Å². The topological polar surface area (TPSA) is 111 Å². The number of hydrogen-bond acceptors (Lipinski definition) is 8. The number of carbonyl (C=O) groups is 2. The Morgan fingerprint density at radius 2 is 0.713 bits per heavy atom. The average Bonchev–Trinajstić information content (AvgIpc) is 3.42. The van der Waals surface area contributed by atoms with E-state index in [0.29, 0.717) is 17.4 Å². The van der Waals surface area contributed by atoms with Gasteiger partial charge in [0.05, 0.1) is 27.7 Å². The highest BCUT2D eigenvalue weighted by atomic mass is 31.2. The number of likely N-dealkylation sites (N-methyl/N-ethyl adjacent to an activating group) is 1. The van der Waals surface area contributed by atoms with Crippen molar-refractivity contribution >= 4 is 19.8 Å². The van der Waals surface area contributed by atoms with E-state index in [0.717, 1.165) is 57.8 Å². The molecule has 0 radical (unpaired) electrons. The second kappa shape index (κ2) is 61.5. The number of carbonyl (C=O) groups excluding carboxylic acids is 2. The Kier molecular flexibility index (Phi) is 60.0. The first-order valence-electron chi connectivity index (χ1n) is 34.3. The Balaban J connectivity index is 3.83. The monoisotopic (exact) mass is 1150 g/mol. The molecule has 0 aromatic heterocycles. The molecule has 0 fully saturated rings. The lowest BCUT2D eigenvalue weighted by atomic mass is 10.0. The summed E-state index contributed by atoms with van der Waals surface area (Å²) in [6.07, 6.45) is 79.6. The van der Waals surface area contributed by atoms with Crippen LogP contribution in [0.25, 0.3) is 0 Å². The molecular weight excluding hydrogens is 1010 g/mol. The van der Waals surface area contributed by atoms with Crippen LogP contribution in [-0.2, 0) is 32.7 Å². The molecule has 0 amide bonds. The minimum atomic E-state index is -4.65. The Bertz CT molecular complexity index is 1490. The van der Waals surface area contributed by atoms with Crippen molar-refractivity contribution in [1.29, 1.82) is 0 Å². The summed E-state index contributed by atoms with van der Waals surface area (Å²) in [5.41, 5.74) is 0. The van der Waals surface area contributed by atoms with Gasteiger partial charge in [-0.05, 0) is 51.4 Å². The van der Waals surface area contributed by atoms with Crippen LogP contribution in [-0.4, -0.2) is 70.0 Å². The van der Waals surface area contributed by atoms with Crippen molar-refractivity contribution in [3.8, 4) is 0 Å². The normalized spacial score (nSPS) is 13.4. The molecule has 10 heteroatoms. The van der Waals surface area contributed by atoms with Crippen molar-refractivity contribution < 1.29 is 42.1 Å². The summed E-state index contributed by atoms with van der Waals surface area (Å²) >= 11 is 0. The maximum absolute atomic E-state index is 12.7. The Hall–Kier alpha value is -2.03. The molecular formula is C70H132NO8P. The van der Waals surface area contributed by atoms with Crippen LogP contribution in [0.4, 0.5) is 0 Å². The minimum Gasteiger partial charge on any atom is -0.756 e. The minimum absolute atomic E-state index is 0.0389. The molecule has 470 valence electrons. The third kappa shape index (κ3) is 65.1. The van der Waals surface area contributed by atoms with Gasteiger partial charge in [-0.1, -0.05) is 319 Å². The van der Waals surface area contributed by atoms with Crippen LogP contribution in [0.5, 0.6) is 0 Å². The molecule has 2 unspecified atom stereocenters. The highest BCUT2D eigenvalue weighted by molar-refractivity contribution is 7.45. The zero-order valence-corrected chi connectivity index (χ0v) is 54.4. The Labute approximate surface area is 496 Å². The summed E-state index contributed by atoms with van der Waals surface area (Å²) in [6.45, 7) is 4.11. The van der Waals surface area contributed by atoms with E-state index in [9.17, 15) is 19.0 Å². The molecule has 0 aromatic rings. The largest absolute Gasteiger partial charge is 0.756 e. The second-order valence-electron chi connectivity index (χ2n) is 24.5. The van der Waals surface area contributed by atoms with Gasteiger partial charge in [0.25, 0.3) is 7.82 Å². The van der Waals surface area contributed by atoms with E-state index in [1.165, 1.54) is 244 Å². The van der Waals surface area contributed by atoms with Crippen molar-refractivity contribution in [2.24, 2.45) is 0 Å². The summed E-state index contributed by atoms with van der Waals surface area (Å²) in [5, 5.41) is 0. The van der Waals surface area contributed by atoms with E-state index in [1.54, 1.807) is 0 Å². The molecule has 0 bridgehead atoms. The number of nitrogens with zero attached hydrogens (tertiary/aromatic N) is 1. The number of phosphoric acid groups is 1. The van der Waals surface area contributed by atoms with Crippen LogP contribution in [0.1, 0.15) is 335 Å². The predicted molar refractivity (Wildman–Crippen MR) is 342 cm³/mol. The molecule has 0 aliphatic rings. The fraction of sp³-hybridized carbons (Fsp3) is 0.857. The van der Waals surface area contributed by atoms with Gasteiger partial charge in [-0.25, -0.2) is 0 Å². The molecule has 80 heavy (non-hydrogen) atoms. The smallest absolute Gasteiger partial charge is 0.306 e. The van der Waals surface area contributed by atoms with Gasteiger partial charge in [0.2, 0.25) is 0 Å². The SMILES string of the molecule is CC/C=C\C/C=C\C/C=C\C/C=C\CCCCC(=O)OC(COC(=O)CCCCCCCCCCCCCCCCCCCCCCCCCCCCCCCCCCCCCCCCCCC)COP(=O)([O-])OCC[N+](C)(C)C. The zero-order chi connectivity index (χ0) is 58.4. The van der Waals surface area contributed by atoms with Crippen LogP contribution in [0.15, 0.2) is 48.6 Å². The predicted octanol–water partition coefficient (Wildman–Crippen LogP) is 21.4. The zero-order valence-electron chi connectivity index (χ0n) is 53.5. The van der Waals surface area contributed by atoms with Crippen molar-refractivity contribution in [2.45, 2.75) is 341 Å². The standard InChI is InChI=1S/C70H132NO8P/c1-6-8-10-12-14-16-18-20-22-23-24-25-26-27-28-29-30-31-32-33-34-35-36-37-38-39-40-41-42-43-44-45-46-47-49-50-52-54-56-58-60-62-69(72)76-66-68(67-78-80(74,75)77-65-64-71(3,4)5)79-70(73)63-61-59-57-55-53-51-48-21-19-17-15-13-11-9-7-2/h9,11,15,17,21,48,53,55,68H,6-8,10,12-14,16,18-20,22-47,49-52,54,56-67H2,1-5H3/b11-9-,17-15-,48-21-,55-53-. The van der Waals surface area contributed by atoms with E-state index < -0.39 is 26.5 Å². The highest BCUT2D eigenvalue weighted by Crippen LogP contribution is 2.38. The van der Waals surface area contributed by atoms with E-state index in [-0.39, 0.29) is 32.0 Å². The first-order chi connectivity index (χ1) is 39.0. The molecule has 0 N–H and O–H groups in total. The van der Waals surface area contributed by atoms with Gasteiger partial charge in [0.15, 0.2) is 6.10 Å². The van der Waals surface area contributed by atoms with Gasteiger partial charge in [0, 0.05) is 12.8 Å². The summed E-state index contributed by atoms with van der Waals surface area (Å²) in [7, 11) is 1.15. The maximum atomic E-state index is 12.7. The number of unbranched alkanes of at least 4 members (excludes halogenated alkanes) is 42. The third-order valence-electron chi connectivity index (χ3n) is 15.4. The molecule has 9 nitrogen and oxygen atoms in total. The fourth-order valence-corrected chi connectivity index (χ4v) is 10.9. The van der Waals surface area contributed by atoms with Gasteiger partial charge >= 0.3 is 11.9 Å². The first-order valence-corrected chi connectivity index (χ1v) is 35.8. The summed E-state index contributed by atoms with van der Waals surface area (Å²) in [6, 6.07) is 0. The lowest BCUT2D eigenvalue weighted by molar-refractivity contribution is -0.870. The van der Waals surface area contributed by atoms with Gasteiger partial charge in [-0.2, -0.15) is 0 Å². The molecule has 0 aromatic carbocycles. The van der Waals surface area contributed by atoms with Gasteiger partial charge < -0.3 is 27.9 Å². The van der Waals surface area contributed by atoms with E-state index in [1.807, 2.05) is 21.1 Å². The second-order valence-corrected chi connectivity index (χ2v) is 25.9. The number of phosphoric ester groups is 1. The van der Waals surface area contributed by atoms with Gasteiger partial charge in [-0.15, -0.1) is 0 Å². The molecule has 0 heterocycles. The lowest BCUT2D eigenvalue weighted by Gasteiger charge is -2.28. The average molecular weight is 1150 g/mol. The third-order valence-corrected chi connectivity index (χ3v) is 16.3. The first kappa shape index (κ1) is 78.0. The number of esters is 2. The van der Waals surface area contributed by atoms with Gasteiger partial charge in [-0.3, -0.25) is 14.2 Å². The number of rotatable bonds is 64. The molecule has 0 rings (SSSR count). The van der Waals surface area contributed by atoms with E-state index in [4.69, 9.17) is 18.5 Å². The summed E-state index contributed by atoms with van der Waals surface area (Å²) in [5.74, 6) is -0.871. The van der Waals surface area contributed by atoms with Gasteiger partial charge in [0.1, 0.15) is 19.8 Å². The van der Waals surface area contributed by atoms with Crippen molar-refractivity contribution in [3.05, 3.63) is 48.6 Å². The van der Waals surface area contributed by atoms with Crippen LogP contribution in [0, 0.1) is 0 Å². The quantitative estimate of drug-likeness (QED) is 0.0195. The molecule has 0 saturated carbocycles. The Morgan fingerprint density at radius 1 is 0.400 bits per heavy atom. The fourth-order valence-electron chi connectivity index (χ4n) is 10.1. The summed E-state index contributed by atoms with van der Waals surface area (Å²) in [4.78, 5) is 37.8. The highest BCUT2D eigenvalue weighted by Gasteiger charge is 2.22. The van der Waals surface area contributed by atoms with E-state index in [2.05, 4.69) is 62.5 Å². The van der Waals surface area contributed by atoms with Crippen LogP contribution < -0.4 is 4.89 Å². The summed E-state index contributed by atoms with van der Waals surface area (Å²) < 4.78 is 34.1. The van der Waals surface area contributed by atoms with Crippen molar-refractivity contribution in [1.82, 2.24) is 0 Å². The van der Waals surface area contributed by atoms with Crippen LogP contribution in [0.2, 0.25) is 0 Å². The number of quaternary nitrogens is 1. The molecule has 2 atom stereocenters. The molecule has 0 saturated heterocycles. The van der Waals surface area contributed by atoms with Crippen molar-refractivity contribution in [3.63, 3.8) is 0 Å². The Morgan fingerprint density at radius 3 is 1.06 bits per heavy atom. The van der Waals surface area contributed by atoms with Crippen LogP contribution in [0.3, 0.4) is 0 Å². The number of hydrogen-bond donors (Lipinski definition) is 0. The molecule has 0 aliphatic heterocycles. The molecule has 0 spiro atoms. The van der Waals surface area contributed by atoms with Crippen molar-refractivity contribution in [2.75, 3.05) is 47.5 Å². The number of ether oxygens (including phenoxy) is 2. The van der Waals surface area contributed by atoms with Crippen LogP contribution >= 0.6 is 7.82 Å². The lowest BCUT2D eigenvalue weighted by Crippen LogP contribution is -2.37. The molecule has 0 aliphatic carbocycles. The maximum Gasteiger partial charge on any atom is 0.306 e. The number of allylic oxidation sites excluding steroid dienone is 8.